The number of para-hydroxylation sites is 3. The average Bonchev–Trinajstić information content (AvgIpc) is 2.64. The van der Waals surface area contributed by atoms with Crippen LogP contribution in [0.25, 0.3) is 0 Å². The molecule has 0 unspecified atom stereocenters. The van der Waals surface area contributed by atoms with E-state index in [9.17, 15) is 14.4 Å². The van der Waals surface area contributed by atoms with Gasteiger partial charge in [-0.15, -0.1) is 11.8 Å². The molecule has 2 aromatic carbocycles. The van der Waals surface area contributed by atoms with Gasteiger partial charge in [-0.1, -0.05) is 24.3 Å². The SMILES string of the molecule is CCOc1ccccc1NC(=O)CSCC(=O)Nc1ccccc1C(N)=O. The van der Waals surface area contributed by atoms with Gasteiger partial charge in [0.2, 0.25) is 11.8 Å². The minimum Gasteiger partial charge on any atom is -0.492 e. The van der Waals surface area contributed by atoms with E-state index in [0.717, 1.165) is 11.8 Å². The average molecular weight is 387 g/mol. The second-order valence-corrected chi connectivity index (χ2v) is 6.41. The number of benzene rings is 2. The molecule has 3 amide bonds. The van der Waals surface area contributed by atoms with E-state index in [1.807, 2.05) is 13.0 Å². The second kappa shape index (κ2) is 10.2. The predicted octanol–water partition coefficient (Wildman–Crippen LogP) is 2.49. The highest BCUT2D eigenvalue weighted by atomic mass is 32.2. The van der Waals surface area contributed by atoms with Crippen LogP contribution in [-0.4, -0.2) is 35.8 Å². The molecule has 2 rings (SSSR count). The molecule has 0 aromatic heterocycles. The molecule has 0 saturated carbocycles. The van der Waals surface area contributed by atoms with Crippen LogP contribution in [0.2, 0.25) is 0 Å². The molecule has 0 saturated heterocycles. The summed E-state index contributed by atoms with van der Waals surface area (Å²) in [6.45, 7) is 2.36. The minimum absolute atomic E-state index is 0.0631. The number of nitrogens with one attached hydrogen (secondary N) is 2. The van der Waals surface area contributed by atoms with E-state index < -0.39 is 5.91 Å². The number of hydrogen-bond acceptors (Lipinski definition) is 5. The van der Waals surface area contributed by atoms with Crippen LogP contribution in [0.5, 0.6) is 5.75 Å². The molecule has 0 fully saturated rings. The maximum Gasteiger partial charge on any atom is 0.250 e. The number of carbonyl (C=O) groups excluding carboxylic acids is 3. The van der Waals surface area contributed by atoms with Crippen LogP contribution >= 0.6 is 11.8 Å². The monoisotopic (exact) mass is 387 g/mol. The first-order valence-electron chi connectivity index (χ1n) is 8.29. The van der Waals surface area contributed by atoms with Crippen LogP contribution in [0.1, 0.15) is 17.3 Å². The minimum atomic E-state index is -0.620. The van der Waals surface area contributed by atoms with Crippen molar-refractivity contribution in [3.05, 3.63) is 54.1 Å². The van der Waals surface area contributed by atoms with Crippen molar-refractivity contribution in [3.8, 4) is 5.75 Å². The number of nitrogens with two attached hydrogens (primary N) is 1. The van der Waals surface area contributed by atoms with Gasteiger partial charge in [-0.05, 0) is 31.2 Å². The van der Waals surface area contributed by atoms with Gasteiger partial charge in [-0.25, -0.2) is 0 Å². The van der Waals surface area contributed by atoms with Gasteiger partial charge < -0.3 is 21.1 Å². The Hall–Kier alpha value is -3.00. The molecule has 0 spiro atoms. The molecule has 142 valence electrons. The highest BCUT2D eigenvalue weighted by molar-refractivity contribution is 8.00. The molecule has 0 radical (unpaired) electrons. The van der Waals surface area contributed by atoms with Crippen molar-refractivity contribution in [1.29, 1.82) is 0 Å². The van der Waals surface area contributed by atoms with Crippen LogP contribution in [0.4, 0.5) is 11.4 Å². The van der Waals surface area contributed by atoms with Crippen LogP contribution < -0.4 is 21.1 Å². The van der Waals surface area contributed by atoms with Gasteiger partial charge in [0.25, 0.3) is 5.91 Å². The summed E-state index contributed by atoms with van der Waals surface area (Å²) in [6, 6.07) is 13.6. The van der Waals surface area contributed by atoms with Gasteiger partial charge in [-0.2, -0.15) is 0 Å². The molecule has 4 N–H and O–H groups in total. The van der Waals surface area contributed by atoms with Crippen LogP contribution in [0, 0.1) is 0 Å². The number of ether oxygens (including phenoxy) is 1. The molecule has 0 bridgehead atoms. The van der Waals surface area contributed by atoms with E-state index in [0.29, 0.717) is 23.7 Å². The van der Waals surface area contributed by atoms with Gasteiger partial charge in [0, 0.05) is 0 Å². The van der Waals surface area contributed by atoms with Crippen LogP contribution in [0.15, 0.2) is 48.5 Å². The lowest BCUT2D eigenvalue weighted by atomic mass is 10.1. The zero-order chi connectivity index (χ0) is 19.6. The Balaban J connectivity index is 1.82. The standard InChI is InChI=1S/C19H21N3O4S/c1-2-26-16-10-6-5-9-15(16)22-18(24)12-27-11-17(23)21-14-8-4-3-7-13(14)19(20)25/h3-10H,2,11-12H2,1H3,(H2,20,25)(H,21,23)(H,22,24). The van der Waals surface area contributed by atoms with Crippen molar-refractivity contribution in [3.63, 3.8) is 0 Å². The van der Waals surface area contributed by atoms with Gasteiger partial charge in [-0.3, -0.25) is 14.4 Å². The summed E-state index contributed by atoms with van der Waals surface area (Å²) in [5.74, 6) is -0.419. The van der Waals surface area contributed by atoms with E-state index in [4.69, 9.17) is 10.5 Å². The third-order valence-corrected chi connectivity index (χ3v) is 4.33. The fourth-order valence-electron chi connectivity index (χ4n) is 2.27. The molecule has 7 nitrogen and oxygen atoms in total. The molecule has 8 heteroatoms. The first kappa shape index (κ1) is 20.3. The fraction of sp³-hybridized carbons (Fsp3) is 0.211. The maximum atomic E-state index is 12.1. The first-order valence-corrected chi connectivity index (χ1v) is 9.44. The molecular weight excluding hydrogens is 366 g/mol. The number of carbonyl (C=O) groups is 3. The highest BCUT2D eigenvalue weighted by Crippen LogP contribution is 2.23. The highest BCUT2D eigenvalue weighted by Gasteiger charge is 2.12. The number of anilines is 2. The van der Waals surface area contributed by atoms with Gasteiger partial charge in [0.05, 0.1) is 35.1 Å². The van der Waals surface area contributed by atoms with E-state index in [-0.39, 0.29) is 28.9 Å². The van der Waals surface area contributed by atoms with Crippen molar-refractivity contribution >= 4 is 40.9 Å². The molecule has 0 aliphatic heterocycles. The van der Waals surface area contributed by atoms with Gasteiger partial charge in [0.15, 0.2) is 0 Å². The Morgan fingerprint density at radius 1 is 0.926 bits per heavy atom. The van der Waals surface area contributed by atoms with Crippen molar-refractivity contribution in [2.24, 2.45) is 5.73 Å². The smallest absolute Gasteiger partial charge is 0.250 e. The summed E-state index contributed by atoms with van der Waals surface area (Å²) in [4.78, 5) is 35.5. The van der Waals surface area contributed by atoms with Crippen LogP contribution in [-0.2, 0) is 9.59 Å². The van der Waals surface area contributed by atoms with Crippen molar-refractivity contribution in [1.82, 2.24) is 0 Å². The molecule has 0 heterocycles. The Morgan fingerprint density at radius 3 is 2.11 bits per heavy atom. The first-order chi connectivity index (χ1) is 13.0. The predicted molar refractivity (Wildman–Crippen MR) is 107 cm³/mol. The maximum absolute atomic E-state index is 12.1. The second-order valence-electron chi connectivity index (χ2n) is 5.43. The summed E-state index contributed by atoms with van der Waals surface area (Å²) in [5.41, 5.74) is 6.46. The summed E-state index contributed by atoms with van der Waals surface area (Å²) < 4.78 is 5.45. The normalized spacial score (nSPS) is 10.1. The molecule has 0 atom stereocenters. The molecule has 2 aromatic rings. The van der Waals surface area contributed by atoms with E-state index in [2.05, 4.69) is 10.6 Å². The molecular formula is C19H21N3O4S. The van der Waals surface area contributed by atoms with Crippen molar-refractivity contribution in [2.75, 3.05) is 28.7 Å². The number of rotatable bonds is 9. The van der Waals surface area contributed by atoms with Crippen molar-refractivity contribution in [2.45, 2.75) is 6.92 Å². The quantitative estimate of drug-likeness (QED) is 0.612. The summed E-state index contributed by atoms with van der Waals surface area (Å²) in [6.07, 6.45) is 0. The Bertz CT molecular complexity index is 826. The molecule has 27 heavy (non-hydrogen) atoms. The van der Waals surface area contributed by atoms with Gasteiger partial charge in [0.1, 0.15) is 5.75 Å². The van der Waals surface area contributed by atoms with Gasteiger partial charge >= 0.3 is 0 Å². The molecule has 0 aliphatic rings. The van der Waals surface area contributed by atoms with E-state index >= 15 is 0 Å². The summed E-state index contributed by atoms with van der Waals surface area (Å²) >= 11 is 1.16. The zero-order valence-electron chi connectivity index (χ0n) is 14.9. The number of amides is 3. The van der Waals surface area contributed by atoms with Crippen molar-refractivity contribution < 1.29 is 19.1 Å². The Morgan fingerprint density at radius 2 is 1.48 bits per heavy atom. The number of primary amides is 1. The third-order valence-electron chi connectivity index (χ3n) is 3.39. The summed E-state index contributed by atoms with van der Waals surface area (Å²) in [7, 11) is 0. The van der Waals surface area contributed by atoms with E-state index in [1.165, 1.54) is 6.07 Å². The lowest BCUT2D eigenvalue weighted by molar-refractivity contribution is -0.114. The zero-order valence-corrected chi connectivity index (χ0v) is 15.7. The number of thioether (sulfide) groups is 1. The third kappa shape index (κ3) is 6.34. The topological polar surface area (TPSA) is 111 Å². The fourth-order valence-corrected chi connectivity index (χ4v) is 2.88. The largest absolute Gasteiger partial charge is 0.492 e. The Labute approximate surface area is 161 Å². The Kier molecular flexibility index (Phi) is 7.69. The lowest BCUT2D eigenvalue weighted by Gasteiger charge is -2.11. The van der Waals surface area contributed by atoms with Crippen LogP contribution in [0.3, 0.4) is 0 Å². The van der Waals surface area contributed by atoms with E-state index in [1.54, 1.807) is 36.4 Å². The number of hydrogen-bond donors (Lipinski definition) is 3. The lowest BCUT2D eigenvalue weighted by Crippen LogP contribution is -2.21. The molecule has 0 aliphatic carbocycles. The summed E-state index contributed by atoms with van der Waals surface area (Å²) in [5, 5.41) is 5.39.